The SMILES string of the molecule is COC(=O)c1cc2cc(OC3CCN(C4CCC4)CC3)ccc2[nH]1. The van der Waals surface area contributed by atoms with Gasteiger partial charge in [0.2, 0.25) is 0 Å². The Labute approximate surface area is 141 Å². The van der Waals surface area contributed by atoms with E-state index in [1.165, 1.54) is 26.4 Å². The van der Waals surface area contributed by atoms with Crippen LogP contribution in [0.1, 0.15) is 42.6 Å². The molecule has 0 amide bonds. The first kappa shape index (κ1) is 15.5. The smallest absolute Gasteiger partial charge is 0.354 e. The fraction of sp³-hybridized carbons (Fsp3) is 0.526. The van der Waals surface area contributed by atoms with Crippen LogP contribution in [0.25, 0.3) is 10.9 Å². The molecule has 4 rings (SSSR count). The number of nitrogens with one attached hydrogen (secondary N) is 1. The van der Waals surface area contributed by atoms with Gasteiger partial charge in [0.05, 0.1) is 7.11 Å². The average Bonchev–Trinajstić information content (AvgIpc) is 2.97. The van der Waals surface area contributed by atoms with E-state index >= 15 is 0 Å². The average molecular weight is 328 g/mol. The number of nitrogens with zero attached hydrogens (tertiary/aromatic N) is 1. The maximum Gasteiger partial charge on any atom is 0.354 e. The van der Waals surface area contributed by atoms with Crippen molar-refractivity contribution in [3.63, 3.8) is 0 Å². The topological polar surface area (TPSA) is 54.6 Å². The number of H-pyrrole nitrogens is 1. The summed E-state index contributed by atoms with van der Waals surface area (Å²) in [5.41, 5.74) is 1.39. The van der Waals surface area contributed by atoms with Crippen molar-refractivity contribution < 1.29 is 14.3 Å². The number of carbonyl (C=O) groups is 1. The number of fused-ring (bicyclic) bond motifs is 1. The zero-order valence-electron chi connectivity index (χ0n) is 14.1. The molecule has 5 nitrogen and oxygen atoms in total. The fourth-order valence-electron chi connectivity index (χ4n) is 3.71. The normalized spacial score (nSPS) is 20.0. The minimum absolute atomic E-state index is 0.290. The Hall–Kier alpha value is -2.01. The molecule has 1 aromatic heterocycles. The molecule has 2 aromatic rings. The summed E-state index contributed by atoms with van der Waals surface area (Å²) in [5, 5.41) is 0.972. The summed E-state index contributed by atoms with van der Waals surface area (Å²) in [6.07, 6.45) is 6.61. The minimum atomic E-state index is -0.350. The summed E-state index contributed by atoms with van der Waals surface area (Å²) < 4.78 is 10.9. The number of hydrogen-bond acceptors (Lipinski definition) is 4. The summed E-state index contributed by atoms with van der Waals surface area (Å²) in [6.45, 7) is 2.29. The molecule has 1 saturated carbocycles. The molecule has 1 aliphatic carbocycles. The van der Waals surface area contributed by atoms with E-state index in [-0.39, 0.29) is 12.1 Å². The van der Waals surface area contributed by atoms with Gasteiger partial charge in [0.15, 0.2) is 0 Å². The molecule has 1 aliphatic heterocycles. The molecule has 2 heterocycles. The Morgan fingerprint density at radius 1 is 1.17 bits per heavy atom. The first-order chi connectivity index (χ1) is 11.7. The zero-order valence-corrected chi connectivity index (χ0v) is 14.1. The third-order valence-electron chi connectivity index (χ3n) is 5.37. The van der Waals surface area contributed by atoms with Crippen molar-refractivity contribution in [2.45, 2.75) is 44.2 Å². The van der Waals surface area contributed by atoms with Crippen LogP contribution in [0.5, 0.6) is 5.75 Å². The predicted octanol–water partition coefficient (Wildman–Crippen LogP) is 3.35. The van der Waals surface area contributed by atoms with E-state index in [2.05, 4.69) is 9.88 Å². The second-order valence-corrected chi connectivity index (χ2v) is 6.86. The molecule has 0 radical (unpaired) electrons. The number of aromatic amines is 1. The summed E-state index contributed by atoms with van der Waals surface area (Å²) in [7, 11) is 1.39. The van der Waals surface area contributed by atoms with Gasteiger partial charge in [0.1, 0.15) is 17.5 Å². The lowest BCUT2D eigenvalue weighted by Gasteiger charge is -2.41. The van der Waals surface area contributed by atoms with Crippen LogP contribution in [0.3, 0.4) is 0 Å². The van der Waals surface area contributed by atoms with Gasteiger partial charge in [-0.1, -0.05) is 6.42 Å². The van der Waals surface area contributed by atoms with Crippen molar-refractivity contribution in [1.29, 1.82) is 0 Å². The van der Waals surface area contributed by atoms with Crippen LogP contribution in [-0.2, 0) is 4.74 Å². The number of piperidine rings is 1. The molecule has 1 aromatic carbocycles. The Bertz CT molecular complexity index is 727. The molecule has 1 N–H and O–H groups in total. The highest BCUT2D eigenvalue weighted by molar-refractivity contribution is 5.95. The van der Waals surface area contributed by atoms with Gasteiger partial charge in [-0.15, -0.1) is 0 Å². The number of methoxy groups -OCH3 is 1. The summed E-state index contributed by atoms with van der Waals surface area (Å²) in [4.78, 5) is 17.3. The largest absolute Gasteiger partial charge is 0.490 e. The maximum atomic E-state index is 11.6. The quantitative estimate of drug-likeness (QED) is 0.875. The molecule has 5 heteroatoms. The fourth-order valence-corrected chi connectivity index (χ4v) is 3.71. The van der Waals surface area contributed by atoms with Crippen molar-refractivity contribution in [3.8, 4) is 5.75 Å². The van der Waals surface area contributed by atoms with Crippen LogP contribution in [-0.4, -0.2) is 48.2 Å². The van der Waals surface area contributed by atoms with Crippen molar-refractivity contribution in [2.24, 2.45) is 0 Å². The van der Waals surface area contributed by atoms with Crippen LogP contribution in [0, 0.1) is 0 Å². The molecular weight excluding hydrogens is 304 g/mol. The number of aromatic nitrogens is 1. The number of ether oxygens (including phenoxy) is 2. The molecule has 24 heavy (non-hydrogen) atoms. The molecule has 128 valence electrons. The summed E-state index contributed by atoms with van der Waals surface area (Å²) in [6, 6.07) is 8.57. The van der Waals surface area contributed by atoms with E-state index in [0.29, 0.717) is 5.69 Å². The minimum Gasteiger partial charge on any atom is -0.490 e. The summed E-state index contributed by atoms with van der Waals surface area (Å²) in [5.74, 6) is 0.525. The van der Waals surface area contributed by atoms with Crippen molar-refractivity contribution in [2.75, 3.05) is 20.2 Å². The van der Waals surface area contributed by atoms with Gasteiger partial charge < -0.3 is 19.4 Å². The number of esters is 1. The highest BCUT2D eigenvalue weighted by atomic mass is 16.5. The van der Waals surface area contributed by atoms with E-state index in [0.717, 1.165) is 48.6 Å². The third-order valence-corrected chi connectivity index (χ3v) is 5.37. The number of likely N-dealkylation sites (tertiary alicyclic amines) is 1. The Morgan fingerprint density at radius 2 is 1.96 bits per heavy atom. The van der Waals surface area contributed by atoms with Gasteiger partial charge in [0.25, 0.3) is 0 Å². The molecular formula is C19H24N2O3. The standard InChI is InChI=1S/C19H24N2O3/c1-23-19(22)18-12-13-11-16(5-6-17(13)20-18)24-15-7-9-21(10-8-15)14-3-2-4-14/h5-6,11-12,14-15,20H,2-4,7-10H2,1H3. The second-order valence-electron chi connectivity index (χ2n) is 6.86. The van der Waals surface area contributed by atoms with Crippen LogP contribution < -0.4 is 4.74 Å². The molecule has 2 aliphatic rings. The Balaban J connectivity index is 1.40. The monoisotopic (exact) mass is 328 g/mol. The van der Waals surface area contributed by atoms with Crippen LogP contribution >= 0.6 is 0 Å². The van der Waals surface area contributed by atoms with Crippen molar-refractivity contribution in [3.05, 3.63) is 30.0 Å². The number of hydrogen-bond donors (Lipinski definition) is 1. The van der Waals surface area contributed by atoms with Gasteiger partial charge in [-0.3, -0.25) is 0 Å². The van der Waals surface area contributed by atoms with E-state index < -0.39 is 0 Å². The van der Waals surface area contributed by atoms with Gasteiger partial charge in [-0.05, 0) is 49.9 Å². The van der Waals surface area contributed by atoms with Crippen molar-refractivity contribution >= 4 is 16.9 Å². The van der Waals surface area contributed by atoms with Crippen LogP contribution in [0.15, 0.2) is 24.3 Å². The van der Waals surface area contributed by atoms with Gasteiger partial charge >= 0.3 is 5.97 Å². The molecule has 0 spiro atoms. The first-order valence-corrected chi connectivity index (χ1v) is 8.85. The zero-order chi connectivity index (χ0) is 16.5. The van der Waals surface area contributed by atoms with Crippen molar-refractivity contribution in [1.82, 2.24) is 9.88 Å². The van der Waals surface area contributed by atoms with E-state index in [1.807, 2.05) is 24.3 Å². The third kappa shape index (κ3) is 3.00. The molecule has 2 fully saturated rings. The van der Waals surface area contributed by atoms with E-state index in [4.69, 9.17) is 9.47 Å². The van der Waals surface area contributed by atoms with Crippen LogP contribution in [0.2, 0.25) is 0 Å². The molecule has 1 saturated heterocycles. The van der Waals surface area contributed by atoms with E-state index in [1.54, 1.807) is 0 Å². The van der Waals surface area contributed by atoms with Gasteiger partial charge in [0, 0.05) is 30.0 Å². The maximum absolute atomic E-state index is 11.6. The summed E-state index contributed by atoms with van der Waals surface area (Å²) >= 11 is 0. The predicted molar refractivity (Wildman–Crippen MR) is 92.5 cm³/mol. The molecule has 0 atom stereocenters. The van der Waals surface area contributed by atoms with Crippen LogP contribution in [0.4, 0.5) is 0 Å². The molecule has 0 unspecified atom stereocenters. The second kappa shape index (κ2) is 6.48. The van der Waals surface area contributed by atoms with Gasteiger partial charge in [-0.25, -0.2) is 4.79 Å². The Morgan fingerprint density at radius 3 is 2.62 bits per heavy atom. The van der Waals surface area contributed by atoms with E-state index in [9.17, 15) is 4.79 Å². The highest BCUT2D eigenvalue weighted by Gasteiger charge is 2.29. The lowest BCUT2D eigenvalue weighted by Crippen LogP contribution is -2.46. The lowest BCUT2D eigenvalue weighted by atomic mass is 9.90. The number of carbonyl (C=O) groups excluding carboxylic acids is 1. The number of rotatable bonds is 4. The number of benzene rings is 1. The van der Waals surface area contributed by atoms with Gasteiger partial charge in [-0.2, -0.15) is 0 Å². The molecule has 0 bridgehead atoms. The first-order valence-electron chi connectivity index (χ1n) is 8.85. The highest BCUT2D eigenvalue weighted by Crippen LogP contribution is 2.29. The lowest BCUT2D eigenvalue weighted by molar-refractivity contribution is 0.0494. The Kier molecular flexibility index (Phi) is 4.19.